The third-order valence-electron chi connectivity index (χ3n) is 3.70. The van der Waals surface area contributed by atoms with Crippen molar-refractivity contribution in [2.24, 2.45) is 5.92 Å². The summed E-state index contributed by atoms with van der Waals surface area (Å²) in [4.78, 5) is 23.5. The number of carbonyl (C=O) groups is 2. The Morgan fingerprint density at radius 1 is 0.917 bits per heavy atom. The van der Waals surface area contributed by atoms with Gasteiger partial charge in [-0.15, -0.1) is 0 Å². The van der Waals surface area contributed by atoms with Crippen LogP contribution in [0.3, 0.4) is 0 Å². The molecule has 0 saturated carbocycles. The van der Waals surface area contributed by atoms with Crippen LogP contribution < -0.4 is 16.0 Å². The van der Waals surface area contributed by atoms with Crippen LogP contribution in [0.1, 0.15) is 52.9 Å². The number of hydrogen-bond donors (Lipinski definition) is 3. The molecule has 0 atom stereocenters. The molecule has 5 heteroatoms. The van der Waals surface area contributed by atoms with Crippen molar-refractivity contribution in [3.63, 3.8) is 0 Å². The number of carbonyl (C=O) groups excluding carboxylic acids is 2. The van der Waals surface area contributed by atoms with Gasteiger partial charge in [0.1, 0.15) is 0 Å². The Balaban J connectivity index is 2.23. The molecule has 3 N–H and O–H groups in total. The highest BCUT2D eigenvalue weighted by Gasteiger charge is 2.07. The number of rotatable bonds is 11. The van der Waals surface area contributed by atoms with E-state index in [4.69, 9.17) is 0 Å². The van der Waals surface area contributed by atoms with Crippen LogP contribution in [0.5, 0.6) is 0 Å². The van der Waals surface area contributed by atoms with Gasteiger partial charge < -0.3 is 16.0 Å². The normalized spacial score (nSPS) is 10.7. The van der Waals surface area contributed by atoms with Gasteiger partial charge in [-0.3, -0.25) is 9.59 Å². The zero-order valence-electron chi connectivity index (χ0n) is 15.2. The summed E-state index contributed by atoms with van der Waals surface area (Å²) < 4.78 is 0. The number of anilines is 2. The Bertz CT molecular complexity index is 498. The first-order valence-electron chi connectivity index (χ1n) is 8.94. The van der Waals surface area contributed by atoms with Gasteiger partial charge in [-0.2, -0.15) is 0 Å². The van der Waals surface area contributed by atoms with Crippen LogP contribution in [0.4, 0.5) is 11.4 Å². The van der Waals surface area contributed by atoms with E-state index in [0.29, 0.717) is 6.54 Å². The molecular weight excluding hydrogens is 302 g/mol. The molecule has 0 aliphatic carbocycles. The van der Waals surface area contributed by atoms with Gasteiger partial charge in [-0.05, 0) is 37.2 Å². The predicted octanol–water partition coefficient (Wildman–Crippen LogP) is 3.78. The topological polar surface area (TPSA) is 70.2 Å². The summed E-state index contributed by atoms with van der Waals surface area (Å²) >= 11 is 0. The van der Waals surface area contributed by atoms with Crippen molar-refractivity contribution >= 4 is 23.2 Å². The maximum atomic E-state index is 11.9. The van der Waals surface area contributed by atoms with Gasteiger partial charge in [0, 0.05) is 17.3 Å². The molecule has 1 aromatic carbocycles. The number of hydrogen-bond acceptors (Lipinski definition) is 3. The molecule has 0 heterocycles. The largest absolute Gasteiger partial charge is 0.326 e. The third-order valence-corrected chi connectivity index (χ3v) is 3.70. The molecule has 0 radical (unpaired) electrons. The van der Waals surface area contributed by atoms with Gasteiger partial charge in [-0.25, -0.2) is 0 Å². The summed E-state index contributed by atoms with van der Waals surface area (Å²) in [5, 5.41) is 8.83. The van der Waals surface area contributed by atoms with Crippen molar-refractivity contribution in [2.45, 2.75) is 52.9 Å². The molecule has 0 aromatic heterocycles. The molecule has 0 spiro atoms. The highest BCUT2D eigenvalue weighted by molar-refractivity contribution is 5.94. The van der Waals surface area contributed by atoms with Crippen LogP contribution in [-0.2, 0) is 9.59 Å². The molecular formula is C19H31N3O2. The van der Waals surface area contributed by atoms with Crippen molar-refractivity contribution < 1.29 is 9.59 Å². The standard InChI is InChI=1S/C19H31N3O2/c1-4-5-6-7-8-13-20-14-18(23)21-16-9-11-17(12-10-16)22-19(24)15(2)3/h9-12,15,20H,4-8,13-14H2,1-3H3,(H,21,23)(H,22,24). The Kier molecular flexibility index (Phi) is 9.77. The molecule has 134 valence electrons. The first-order valence-corrected chi connectivity index (χ1v) is 8.94. The zero-order chi connectivity index (χ0) is 17.8. The lowest BCUT2D eigenvalue weighted by Gasteiger charge is -2.10. The maximum absolute atomic E-state index is 11.9. The fourth-order valence-electron chi connectivity index (χ4n) is 2.18. The van der Waals surface area contributed by atoms with Crippen LogP contribution in [0.15, 0.2) is 24.3 Å². The summed E-state index contributed by atoms with van der Waals surface area (Å²) in [5.74, 6) is -0.130. The van der Waals surface area contributed by atoms with E-state index in [1.165, 1.54) is 25.7 Å². The Labute approximate surface area is 145 Å². The van der Waals surface area contributed by atoms with Gasteiger partial charge in [0.15, 0.2) is 0 Å². The van der Waals surface area contributed by atoms with E-state index in [2.05, 4.69) is 22.9 Å². The SMILES string of the molecule is CCCCCCCNCC(=O)Nc1ccc(NC(=O)C(C)C)cc1. The first kappa shape index (κ1) is 20.2. The predicted molar refractivity (Wildman–Crippen MR) is 100 cm³/mol. The lowest BCUT2D eigenvalue weighted by atomic mass is 10.1. The number of nitrogens with one attached hydrogen (secondary N) is 3. The van der Waals surface area contributed by atoms with E-state index in [1.807, 2.05) is 13.8 Å². The Morgan fingerprint density at radius 3 is 2.08 bits per heavy atom. The molecule has 0 bridgehead atoms. The van der Waals surface area contributed by atoms with Crippen LogP contribution in [0, 0.1) is 5.92 Å². The molecule has 0 unspecified atom stereocenters. The van der Waals surface area contributed by atoms with E-state index < -0.39 is 0 Å². The Morgan fingerprint density at radius 2 is 1.50 bits per heavy atom. The number of benzene rings is 1. The molecule has 0 aliphatic heterocycles. The van der Waals surface area contributed by atoms with Gasteiger partial charge in [0.05, 0.1) is 6.54 Å². The second-order valence-electron chi connectivity index (χ2n) is 6.36. The minimum atomic E-state index is -0.0579. The fraction of sp³-hybridized carbons (Fsp3) is 0.579. The van der Waals surface area contributed by atoms with E-state index in [9.17, 15) is 9.59 Å². The molecule has 1 rings (SSSR count). The van der Waals surface area contributed by atoms with Gasteiger partial charge in [0.25, 0.3) is 0 Å². The number of amides is 2. The van der Waals surface area contributed by atoms with Crippen LogP contribution >= 0.6 is 0 Å². The van der Waals surface area contributed by atoms with E-state index in [1.54, 1.807) is 24.3 Å². The lowest BCUT2D eigenvalue weighted by Crippen LogP contribution is -2.28. The smallest absolute Gasteiger partial charge is 0.238 e. The maximum Gasteiger partial charge on any atom is 0.238 e. The van der Waals surface area contributed by atoms with Gasteiger partial charge in [-0.1, -0.05) is 46.5 Å². The van der Waals surface area contributed by atoms with Crippen molar-refractivity contribution in [3.8, 4) is 0 Å². The van der Waals surface area contributed by atoms with Crippen LogP contribution in [-0.4, -0.2) is 24.9 Å². The van der Waals surface area contributed by atoms with Crippen molar-refractivity contribution in [3.05, 3.63) is 24.3 Å². The monoisotopic (exact) mass is 333 g/mol. The average Bonchev–Trinajstić information content (AvgIpc) is 2.55. The minimum absolute atomic E-state index is 0.0186. The summed E-state index contributed by atoms with van der Waals surface area (Å²) in [5.41, 5.74) is 1.46. The fourth-order valence-corrected chi connectivity index (χ4v) is 2.18. The van der Waals surface area contributed by atoms with Gasteiger partial charge >= 0.3 is 0 Å². The van der Waals surface area contributed by atoms with Crippen molar-refractivity contribution in [1.29, 1.82) is 0 Å². The van der Waals surface area contributed by atoms with Gasteiger partial charge in [0.2, 0.25) is 11.8 Å². The molecule has 5 nitrogen and oxygen atoms in total. The van der Waals surface area contributed by atoms with Crippen molar-refractivity contribution in [2.75, 3.05) is 23.7 Å². The second kappa shape index (κ2) is 11.6. The van der Waals surface area contributed by atoms with Crippen molar-refractivity contribution in [1.82, 2.24) is 5.32 Å². The van der Waals surface area contributed by atoms with Crippen LogP contribution in [0.25, 0.3) is 0 Å². The van der Waals surface area contributed by atoms with E-state index in [-0.39, 0.29) is 17.7 Å². The number of unbranched alkanes of at least 4 members (excludes halogenated alkanes) is 4. The zero-order valence-corrected chi connectivity index (χ0v) is 15.2. The summed E-state index contributed by atoms with van der Waals surface area (Å²) in [7, 11) is 0. The lowest BCUT2D eigenvalue weighted by molar-refractivity contribution is -0.119. The third kappa shape index (κ3) is 8.67. The highest BCUT2D eigenvalue weighted by atomic mass is 16.2. The molecule has 0 fully saturated rings. The molecule has 1 aromatic rings. The second-order valence-corrected chi connectivity index (χ2v) is 6.36. The summed E-state index contributed by atoms with van der Waals surface area (Å²) in [6.07, 6.45) is 6.12. The minimum Gasteiger partial charge on any atom is -0.326 e. The van der Waals surface area contributed by atoms with E-state index in [0.717, 1.165) is 24.3 Å². The average molecular weight is 333 g/mol. The highest BCUT2D eigenvalue weighted by Crippen LogP contribution is 2.14. The Hall–Kier alpha value is -1.88. The quantitative estimate of drug-likeness (QED) is 0.540. The van der Waals surface area contributed by atoms with E-state index >= 15 is 0 Å². The summed E-state index contributed by atoms with van der Waals surface area (Å²) in [6, 6.07) is 7.16. The molecule has 2 amide bonds. The molecule has 0 saturated heterocycles. The van der Waals surface area contributed by atoms with Crippen LogP contribution in [0.2, 0.25) is 0 Å². The molecule has 24 heavy (non-hydrogen) atoms. The first-order chi connectivity index (χ1) is 11.5. The summed E-state index contributed by atoms with van der Waals surface area (Å²) in [6.45, 7) is 7.09. The molecule has 0 aliphatic rings.